The molecular weight excluding hydrogens is 395 g/mol. The number of anilines is 2. The highest BCUT2D eigenvalue weighted by atomic mass is 35.5. The first-order valence-corrected chi connectivity index (χ1v) is 9.16. The first-order valence-electron chi connectivity index (χ1n) is 8.40. The van der Waals surface area contributed by atoms with E-state index < -0.39 is 0 Å². The van der Waals surface area contributed by atoms with E-state index in [-0.39, 0.29) is 11.9 Å². The lowest BCUT2D eigenvalue weighted by molar-refractivity contribution is 0.102. The fourth-order valence-corrected chi connectivity index (χ4v) is 3.32. The summed E-state index contributed by atoms with van der Waals surface area (Å²) < 4.78 is 0. The molecule has 7 heteroatoms. The van der Waals surface area contributed by atoms with E-state index in [1.807, 2.05) is 18.2 Å². The van der Waals surface area contributed by atoms with Crippen molar-refractivity contribution in [2.24, 2.45) is 0 Å². The van der Waals surface area contributed by atoms with Crippen LogP contribution in [0.4, 0.5) is 11.6 Å². The molecule has 0 spiro atoms. The van der Waals surface area contributed by atoms with E-state index in [2.05, 4.69) is 15.3 Å². The second kappa shape index (κ2) is 7.46. The van der Waals surface area contributed by atoms with Crippen molar-refractivity contribution in [1.29, 1.82) is 0 Å². The van der Waals surface area contributed by atoms with Crippen LogP contribution >= 0.6 is 23.2 Å². The van der Waals surface area contributed by atoms with Gasteiger partial charge in [-0.15, -0.1) is 0 Å². The highest BCUT2D eigenvalue weighted by molar-refractivity contribution is 6.34. The Morgan fingerprint density at radius 1 is 0.929 bits per heavy atom. The van der Waals surface area contributed by atoms with Crippen LogP contribution in [0.25, 0.3) is 22.2 Å². The molecule has 4 aromatic rings. The van der Waals surface area contributed by atoms with E-state index in [4.69, 9.17) is 28.9 Å². The van der Waals surface area contributed by atoms with E-state index in [0.29, 0.717) is 32.5 Å². The second-order valence-electron chi connectivity index (χ2n) is 6.11. The summed E-state index contributed by atoms with van der Waals surface area (Å²) in [6, 6.07) is 19.5. The average molecular weight is 409 g/mol. The Morgan fingerprint density at radius 2 is 1.75 bits per heavy atom. The molecule has 0 aliphatic heterocycles. The van der Waals surface area contributed by atoms with E-state index >= 15 is 0 Å². The largest absolute Gasteiger partial charge is 0.368 e. The molecule has 0 fully saturated rings. The molecule has 1 heterocycles. The summed E-state index contributed by atoms with van der Waals surface area (Å²) in [5.74, 6) is -0.131. The minimum Gasteiger partial charge on any atom is -0.368 e. The van der Waals surface area contributed by atoms with Crippen molar-refractivity contribution in [2.75, 3.05) is 11.1 Å². The molecule has 0 bridgehead atoms. The number of halogens is 2. The topological polar surface area (TPSA) is 80.9 Å². The zero-order valence-electron chi connectivity index (χ0n) is 14.5. The molecule has 4 rings (SSSR count). The maximum Gasteiger partial charge on any atom is 0.257 e. The van der Waals surface area contributed by atoms with E-state index in [9.17, 15) is 4.79 Å². The fourth-order valence-electron chi connectivity index (χ4n) is 2.93. The first kappa shape index (κ1) is 18.2. The molecule has 0 saturated carbocycles. The number of carbonyl (C=O) groups is 1. The van der Waals surface area contributed by atoms with Crippen molar-refractivity contribution < 1.29 is 4.79 Å². The van der Waals surface area contributed by atoms with Crippen LogP contribution in [0.1, 0.15) is 10.4 Å². The standard InChI is InChI=1S/C21H14Cl2N4O/c22-13-8-9-18-16(11-13)19(27-21(24)26-18)12-4-3-5-14(10-12)25-20(28)15-6-1-2-7-17(15)23/h1-11H,(H,25,28)(H2,24,26,27). The van der Waals surface area contributed by atoms with Gasteiger partial charge in [0.15, 0.2) is 0 Å². The number of fused-ring (bicyclic) bond motifs is 1. The van der Waals surface area contributed by atoms with Gasteiger partial charge in [-0.3, -0.25) is 4.79 Å². The van der Waals surface area contributed by atoms with Crippen LogP contribution in [-0.2, 0) is 0 Å². The summed E-state index contributed by atoms with van der Waals surface area (Å²) in [6.07, 6.45) is 0. The van der Waals surface area contributed by atoms with Crippen molar-refractivity contribution in [3.8, 4) is 11.3 Å². The van der Waals surface area contributed by atoms with Crippen LogP contribution in [0.15, 0.2) is 66.7 Å². The predicted octanol–water partition coefficient (Wildman–Crippen LogP) is 5.44. The Bertz CT molecular complexity index is 1210. The molecule has 1 aromatic heterocycles. The van der Waals surface area contributed by atoms with Gasteiger partial charge in [-0.05, 0) is 42.5 Å². The number of nitrogens with one attached hydrogen (secondary N) is 1. The van der Waals surface area contributed by atoms with Crippen LogP contribution in [0.2, 0.25) is 10.0 Å². The summed E-state index contributed by atoms with van der Waals surface area (Å²) in [5.41, 5.74) is 8.99. The van der Waals surface area contributed by atoms with E-state index in [0.717, 1.165) is 10.9 Å². The number of nitrogens with zero attached hydrogens (tertiary/aromatic N) is 2. The highest BCUT2D eigenvalue weighted by Gasteiger charge is 2.13. The minimum atomic E-state index is -0.294. The molecule has 3 N–H and O–H groups in total. The van der Waals surface area contributed by atoms with Crippen molar-refractivity contribution in [2.45, 2.75) is 0 Å². The Labute approximate surface area is 171 Å². The maximum absolute atomic E-state index is 12.5. The number of nitrogens with two attached hydrogens (primary N) is 1. The zero-order chi connectivity index (χ0) is 19.7. The summed E-state index contributed by atoms with van der Waals surface area (Å²) in [6.45, 7) is 0. The number of hydrogen-bond acceptors (Lipinski definition) is 4. The maximum atomic E-state index is 12.5. The van der Waals surface area contributed by atoms with Crippen LogP contribution in [0, 0.1) is 0 Å². The van der Waals surface area contributed by atoms with Crippen LogP contribution in [-0.4, -0.2) is 15.9 Å². The molecule has 0 unspecified atom stereocenters. The molecular formula is C21H14Cl2N4O. The summed E-state index contributed by atoms with van der Waals surface area (Å²) in [5, 5.41) is 4.60. The van der Waals surface area contributed by atoms with Gasteiger partial charge >= 0.3 is 0 Å². The normalized spacial score (nSPS) is 10.8. The summed E-state index contributed by atoms with van der Waals surface area (Å²) in [4.78, 5) is 21.2. The number of rotatable bonds is 3. The SMILES string of the molecule is Nc1nc(-c2cccc(NC(=O)c3ccccc3Cl)c2)c2cc(Cl)ccc2n1. The van der Waals surface area contributed by atoms with Gasteiger partial charge in [-0.2, -0.15) is 0 Å². The average Bonchev–Trinajstić information content (AvgIpc) is 2.68. The van der Waals surface area contributed by atoms with Crippen molar-refractivity contribution in [1.82, 2.24) is 9.97 Å². The van der Waals surface area contributed by atoms with Crippen LogP contribution in [0.3, 0.4) is 0 Å². The number of nitrogen functional groups attached to an aromatic ring is 1. The smallest absolute Gasteiger partial charge is 0.257 e. The van der Waals surface area contributed by atoms with Gasteiger partial charge < -0.3 is 11.1 Å². The second-order valence-corrected chi connectivity index (χ2v) is 6.95. The van der Waals surface area contributed by atoms with Crippen molar-refractivity contribution >= 4 is 51.6 Å². The lowest BCUT2D eigenvalue weighted by Gasteiger charge is -2.10. The Balaban J connectivity index is 1.74. The Kier molecular flexibility index (Phi) is 4.86. The third-order valence-corrected chi connectivity index (χ3v) is 4.75. The third-order valence-electron chi connectivity index (χ3n) is 4.19. The predicted molar refractivity (Wildman–Crippen MR) is 114 cm³/mol. The molecule has 0 saturated heterocycles. The molecule has 1 amide bonds. The number of hydrogen-bond donors (Lipinski definition) is 2. The monoisotopic (exact) mass is 408 g/mol. The van der Waals surface area contributed by atoms with Crippen LogP contribution < -0.4 is 11.1 Å². The van der Waals surface area contributed by atoms with Gasteiger partial charge in [0, 0.05) is 21.7 Å². The summed E-state index contributed by atoms with van der Waals surface area (Å²) in [7, 11) is 0. The van der Waals surface area contributed by atoms with Crippen LogP contribution in [0.5, 0.6) is 0 Å². The third kappa shape index (κ3) is 3.63. The molecule has 0 aliphatic carbocycles. The summed E-state index contributed by atoms with van der Waals surface area (Å²) >= 11 is 12.3. The van der Waals surface area contributed by atoms with E-state index in [1.54, 1.807) is 48.5 Å². The minimum absolute atomic E-state index is 0.162. The first-order chi connectivity index (χ1) is 13.5. The van der Waals surface area contributed by atoms with Gasteiger partial charge in [-0.1, -0.05) is 47.5 Å². The highest BCUT2D eigenvalue weighted by Crippen LogP contribution is 2.30. The quantitative estimate of drug-likeness (QED) is 0.472. The molecule has 0 aliphatic rings. The molecule has 0 atom stereocenters. The van der Waals surface area contributed by atoms with Gasteiger partial charge in [0.25, 0.3) is 5.91 Å². The lowest BCUT2D eigenvalue weighted by atomic mass is 10.1. The van der Waals surface area contributed by atoms with Gasteiger partial charge in [-0.25, -0.2) is 9.97 Å². The van der Waals surface area contributed by atoms with Gasteiger partial charge in [0.05, 0.1) is 21.8 Å². The number of aromatic nitrogens is 2. The van der Waals surface area contributed by atoms with Gasteiger partial charge in [0.1, 0.15) is 0 Å². The van der Waals surface area contributed by atoms with Crippen molar-refractivity contribution in [3.63, 3.8) is 0 Å². The zero-order valence-corrected chi connectivity index (χ0v) is 16.0. The number of carbonyl (C=O) groups excluding carboxylic acids is 1. The number of amides is 1. The molecule has 138 valence electrons. The number of benzene rings is 3. The molecule has 0 radical (unpaired) electrons. The fraction of sp³-hybridized carbons (Fsp3) is 0. The lowest BCUT2D eigenvalue weighted by Crippen LogP contribution is -2.12. The molecule has 28 heavy (non-hydrogen) atoms. The molecule has 3 aromatic carbocycles. The Morgan fingerprint density at radius 3 is 2.57 bits per heavy atom. The Hall–Kier alpha value is -3.15. The van der Waals surface area contributed by atoms with Gasteiger partial charge in [0.2, 0.25) is 5.95 Å². The molecule has 5 nitrogen and oxygen atoms in total. The van der Waals surface area contributed by atoms with E-state index in [1.165, 1.54) is 0 Å². The van der Waals surface area contributed by atoms with Crippen molar-refractivity contribution in [3.05, 3.63) is 82.3 Å².